The Labute approximate surface area is 145 Å². The van der Waals surface area contributed by atoms with Gasteiger partial charge in [-0.15, -0.1) is 0 Å². The van der Waals surface area contributed by atoms with E-state index in [4.69, 9.17) is 4.74 Å². The van der Waals surface area contributed by atoms with Crippen LogP contribution in [-0.2, 0) is 0 Å². The van der Waals surface area contributed by atoms with Crippen molar-refractivity contribution in [2.24, 2.45) is 0 Å². The van der Waals surface area contributed by atoms with Gasteiger partial charge in [-0.3, -0.25) is 0 Å². The van der Waals surface area contributed by atoms with Crippen molar-refractivity contribution in [3.63, 3.8) is 0 Å². The number of rotatable bonds is 4. The lowest BCUT2D eigenvalue weighted by Gasteiger charge is -2.16. The van der Waals surface area contributed by atoms with Crippen LogP contribution in [-0.4, -0.2) is 29.2 Å². The van der Waals surface area contributed by atoms with E-state index >= 15 is 0 Å². The summed E-state index contributed by atoms with van der Waals surface area (Å²) in [6.45, 7) is 0.474. The minimum Gasteiger partial charge on any atom is -0.495 e. The van der Waals surface area contributed by atoms with Crippen LogP contribution in [0, 0.1) is 0 Å². The fourth-order valence-corrected chi connectivity index (χ4v) is 3.24. The van der Waals surface area contributed by atoms with Gasteiger partial charge >= 0.3 is 6.03 Å². The summed E-state index contributed by atoms with van der Waals surface area (Å²) in [6, 6.07) is 15.3. The second-order valence-electron chi connectivity index (χ2n) is 5.82. The van der Waals surface area contributed by atoms with Crippen LogP contribution in [0.25, 0.3) is 11.3 Å². The highest BCUT2D eigenvalue weighted by Gasteiger charge is 2.28. The maximum Gasteiger partial charge on any atom is 0.319 e. The number of urea groups is 1. The number of carbonyl (C=O) groups is 1. The number of methoxy groups -OCH3 is 1. The van der Waals surface area contributed by atoms with Crippen molar-refractivity contribution in [2.45, 2.75) is 6.04 Å². The van der Waals surface area contributed by atoms with E-state index in [2.05, 4.69) is 32.3 Å². The molecule has 2 N–H and O–H groups in total. The standard InChI is InChI=1S/C19H18N4O2/c1-25-18-9-5-4-8-15(18)22-19(24)21-11-17-14-7-3-2-6-13(14)16-10-20-12-23(16)17/h2-10,12,17H,11H2,1H3,(H2,21,22,24). The topological polar surface area (TPSA) is 68.2 Å². The molecule has 1 aliphatic heterocycles. The van der Waals surface area contributed by atoms with E-state index in [-0.39, 0.29) is 12.1 Å². The van der Waals surface area contributed by atoms with Crippen LogP contribution in [0.15, 0.2) is 61.1 Å². The Balaban J connectivity index is 1.48. The molecule has 0 bridgehead atoms. The van der Waals surface area contributed by atoms with Crippen LogP contribution >= 0.6 is 0 Å². The fraction of sp³-hybridized carbons (Fsp3) is 0.158. The molecule has 3 aromatic rings. The Morgan fingerprint density at radius 1 is 1.20 bits per heavy atom. The molecule has 1 unspecified atom stereocenters. The van der Waals surface area contributed by atoms with Gasteiger partial charge in [0, 0.05) is 12.1 Å². The number of nitrogens with one attached hydrogen (secondary N) is 2. The molecule has 25 heavy (non-hydrogen) atoms. The molecular formula is C19H18N4O2. The Morgan fingerprint density at radius 3 is 2.88 bits per heavy atom. The van der Waals surface area contributed by atoms with Gasteiger partial charge < -0.3 is 19.9 Å². The number of para-hydroxylation sites is 2. The summed E-state index contributed by atoms with van der Waals surface area (Å²) in [4.78, 5) is 16.5. The number of nitrogens with zero attached hydrogens (tertiary/aromatic N) is 2. The smallest absolute Gasteiger partial charge is 0.319 e. The third-order valence-electron chi connectivity index (χ3n) is 4.41. The van der Waals surface area contributed by atoms with Gasteiger partial charge in [0.2, 0.25) is 0 Å². The van der Waals surface area contributed by atoms with Gasteiger partial charge in [0.25, 0.3) is 0 Å². The number of aromatic nitrogens is 2. The number of imidazole rings is 1. The number of fused-ring (bicyclic) bond motifs is 3. The molecule has 2 aromatic carbocycles. The molecule has 6 nitrogen and oxygen atoms in total. The molecule has 1 aliphatic rings. The molecule has 0 saturated carbocycles. The predicted octanol–water partition coefficient (Wildman–Crippen LogP) is 3.28. The zero-order valence-corrected chi connectivity index (χ0v) is 13.8. The van der Waals surface area contributed by atoms with Crippen molar-refractivity contribution < 1.29 is 9.53 Å². The lowest BCUT2D eigenvalue weighted by atomic mass is 10.0. The molecule has 0 fully saturated rings. The molecule has 1 aromatic heterocycles. The first kappa shape index (κ1) is 15.3. The van der Waals surface area contributed by atoms with Crippen molar-refractivity contribution in [3.8, 4) is 17.0 Å². The molecule has 0 aliphatic carbocycles. The molecule has 0 radical (unpaired) electrons. The van der Waals surface area contributed by atoms with Crippen molar-refractivity contribution in [3.05, 3.63) is 66.6 Å². The molecular weight excluding hydrogens is 316 g/mol. The summed E-state index contributed by atoms with van der Waals surface area (Å²) in [5.74, 6) is 0.626. The molecule has 6 heteroatoms. The molecule has 2 heterocycles. The van der Waals surface area contributed by atoms with Crippen molar-refractivity contribution in [1.82, 2.24) is 14.9 Å². The number of carbonyl (C=O) groups excluding carboxylic acids is 1. The van der Waals surface area contributed by atoms with E-state index in [9.17, 15) is 4.79 Å². The quantitative estimate of drug-likeness (QED) is 0.769. The summed E-state index contributed by atoms with van der Waals surface area (Å²) in [6.07, 6.45) is 3.66. The van der Waals surface area contributed by atoms with E-state index in [1.807, 2.05) is 30.5 Å². The maximum atomic E-state index is 12.3. The van der Waals surface area contributed by atoms with Crippen molar-refractivity contribution in [1.29, 1.82) is 0 Å². The fourth-order valence-electron chi connectivity index (χ4n) is 3.24. The van der Waals surface area contributed by atoms with Gasteiger partial charge in [0.05, 0.1) is 37.1 Å². The molecule has 126 valence electrons. The molecule has 0 spiro atoms. The Bertz CT molecular complexity index is 919. The van der Waals surface area contributed by atoms with Crippen molar-refractivity contribution >= 4 is 11.7 Å². The van der Waals surface area contributed by atoms with Crippen LogP contribution in [0.5, 0.6) is 5.75 Å². The number of amides is 2. The van der Waals surface area contributed by atoms with E-state index in [0.29, 0.717) is 18.0 Å². The molecule has 4 rings (SSSR count). The SMILES string of the molecule is COc1ccccc1NC(=O)NCC1c2ccccc2-c2cncn21. The normalized spacial score (nSPS) is 14.5. The minimum atomic E-state index is -0.268. The number of hydrogen-bond donors (Lipinski definition) is 2. The van der Waals surface area contributed by atoms with E-state index < -0.39 is 0 Å². The second kappa shape index (κ2) is 6.32. The van der Waals surface area contributed by atoms with Crippen LogP contribution < -0.4 is 15.4 Å². The van der Waals surface area contributed by atoms with Gasteiger partial charge in [0.1, 0.15) is 5.75 Å². The lowest BCUT2D eigenvalue weighted by molar-refractivity contribution is 0.251. The number of anilines is 1. The van der Waals surface area contributed by atoms with Gasteiger partial charge in [-0.1, -0.05) is 36.4 Å². The molecule has 0 saturated heterocycles. The Hall–Kier alpha value is -3.28. The van der Waals surface area contributed by atoms with Gasteiger partial charge in [-0.25, -0.2) is 9.78 Å². The Morgan fingerprint density at radius 2 is 2.00 bits per heavy atom. The zero-order valence-electron chi connectivity index (χ0n) is 13.8. The average Bonchev–Trinajstić information content (AvgIpc) is 3.22. The summed E-state index contributed by atoms with van der Waals surface area (Å²) < 4.78 is 7.34. The van der Waals surface area contributed by atoms with Crippen LogP contribution in [0.3, 0.4) is 0 Å². The lowest BCUT2D eigenvalue weighted by Crippen LogP contribution is -2.33. The van der Waals surface area contributed by atoms with Crippen LogP contribution in [0.4, 0.5) is 10.5 Å². The largest absolute Gasteiger partial charge is 0.495 e. The monoisotopic (exact) mass is 334 g/mol. The summed E-state index contributed by atoms with van der Waals surface area (Å²) >= 11 is 0. The average molecular weight is 334 g/mol. The van der Waals surface area contributed by atoms with Gasteiger partial charge in [-0.2, -0.15) is 0 Å². The third kappa shape index (κ3) is 2.71. The second-order valence-corrected chi connectivity index (χ2v) is 5.82. The predicted molar refractivity (Wildman–Crippen MR) is 95.8 cm³/mol. The summed E-state index contributed by atoms with van der Waals surface area (Å²) in [5.41, 5.74) is 4.07. The summed E-state index contributed by atoms with van der Waals surface area (Å²) in [7, 11) is 1.58. The van der Waals surface area contributed by atoms with Crippen molar-refractivity contribution in [2.75, 3.05) is 19.0 Å². The van der Waals surface area contributed by atoms with E-state index in [1.165, 1.54) is 5.56 Å². The van der Waals surface area contributed by atoms with Crippen LogP contribution in [0.1, 0.15) is 11.6 Å². The zero-order chi connectivity index (χ0) is 17.2. The summed E-state index contributed by atoms with van der Waals surface area (Å²) in [5, 5.41) is 5.77. The van der Waals surface area contributed by atoms with E-state index in [0.717, 1.165) is 11.3 Å². The highest BCUT2D eigenvalue weighted by Crippen LogP contribution is 2.38. The third-order valence-corrected chi connectivity index (χ3v) is 4.41. The highest BCUT2D eigenvalue weighted by molar-refractivity contribution is 5.91. The first-order valence-corrected chi connectivity index (χ1v) is 8.07. The Kier molecular flexibility index (Phi) is 3.85. The first-order valence-electron chi connectivity index (χ1n) is 8.07. The molecule has 1 atom stereocenters. The van der Waals surface area contributed by atoms with Crippen LogP contribution in [0.2, 0.25) is 0 Å². The van der Waals surface area contributed by atoms with Gasteiger partial charge in [0.15, 0.2) is 0 Å². The van der Waals surface area contributed by atoms with Gasteiger partial charge in [-0.05, 0) is 17.7 Å². The highest BCUT2D eigenvalue weighted by atomic mass is 16.5. The van der Waals surface area contributed by atoms with E-state index in [1.54, 1.807) is 25.6 Å². The minimum absolute atomic E-state index is 0.0390. The first-order chi connectivity index (χ1) is 12.3. The maximum absolute atomic E-state index is 12.3. The number of ether oxygens (including phenoxy) is 1. The molecule has 2 amide bonds. The number of hydrogen-bond acceptors (Lipinski definition) is 3. The number of benzene rings is 2.